The molecular weight excluding hydrogens is 295 g/mol. The zero-order chi connectivity index (χ0) is 15.7. The van der Waals surface area contributed by atoms with Crippen LogP contribution in [0.15, 0.2) is 12.4 Å². The van der Waals surface area contributed by atoms with E-state index in [2.05, 4.69) is 9.55 Å². The summed E-state index contributed by atoms with van der Waals surface area (Å²) in [6.45, 7) is 1.69. The van der Waals surface area contributed by atoms with Crippen molar-refractivity contribution < 1.29 is 18.0 Å². The summed E-state index contributed by atoms with van der Waals surface area (Å²) in [7, 11) is 0. The number of imidazole rings is 1. The lowest BCUT2D eigenvalue weighted by molar-refractivity contribution is -0.162. The fourth-order valence-corrected chi connectivity index (χ4v) is 3.11. The summed E-state index contributed by atoms with van der Waals surface area (Å²) in [6, 6.07) is 0. The Morgan fingerprint density at radius 2 is 2.09 bits per heavy atom. The third-order valence-corrected chi connectivity index (χ3v) is 4.39. The van der Waals surface area contributed by atoms with E-state index in [9.17, 15) is 18.0 Å². The first-order valence-electron chi connectivity index (χ1n) is 7.78. The van der Waals surface area contributed by atoms with Crippen LogP contribution in [-0.2, 0) is 11.3 Å². The minimum Gasteiger partial charge on any atom is -0.342 e. The molecule has 1 unspecified atom stereocenters. The first kappa shape index (κ1) is 15.4. The Morgan fingerprint density at radius 1 is 1.32 bits per heavy atom. The van der Waals surface area contributed by atoms with Crippen LogP contribution < -0.4 is 0 Å². The molecule has 22 heavy (non-hydrogen) atoms. The van der Waals surface area contributed by atoms with Crippen LogP contribution in [0.25, 0.3) is 0 Å². The van der Waals surface area contributed by atoms with Crippen molar-refractivity contribution in [2.24, 2.45) is 5.92 Å². The molecule has 1 saturated heterocycles. The topological polar surface area (TPSA) is 38.1 Å². The molecule has 0 aromatic carbocycles. The van der Waals surface area contributed by atoms with E-state index >= 15 is 0 Å². The summed E-state index contributed by atoms with van der Waals surface area (Å²) < 4.78 is 39.3. The van der Waals surface area contributed by atoms with Gasteiger partial charge in [-0.25, -0.2) is 4.98 Å². The van der Waals surface area contributed by atoms with Gasteiger partial charge in [0.05, 0.1) is 0 Å². The minimum absolute atomic E-state index is 0.0414. The molecule has 0 bridgehead atoms. The molecule has 122 valence electrons. The van der Waals surface area contributed by atoms with Gasteiger partial charge in [0.25, 0.3) is 0 Å². The number of amides is 1. The molecule has 1 aromatic rings. The Balaban J connectivity index is 1.65. The van der Waals surface area contributed by atoms with Crippen molar-refractivity contribution in [1.82, 2.24) is 14.5 Å². The highest BCUT2D eigenvalue weighted by Gasteiger charge is 2.36. The van der Waals surface area contributed by atoms with E-state index in [4.69, 9.17) is 0 Å². The minimum atomic E-state index is -4.44. The van der Waals surface area contributed by atoms with Gasteiger partial charge in [0, 0.05) is 37.9 Å². The number of aromatic nitrogens is 2. The van der Waals surface area contributed by atoms with Crippen LogP contribution in [0.1, 0.15) is 43.8 Å². The van der Waals surface area contributed by atoms with Crippen LogP contribution >= 0.6 is 0 Å². The molecular formula is C15H20F3N3O. The van der Waals surface area contributed by atoms with Crippen molar-refractivity contribution in [3.05, 3.63) is 18.2 Å². The van der Waals surface area contributed by atoms with Gasteiger partial charge in [-0.3, -0.25) is 4.79 Å². The van der Waals surface area contributed by atoms with Crippen molar-refractivity contribution in [2.75, 3.05) is 13.1 Å². The third-order valence-electron chi connectivity index (χ3n) is 4.39. The second kappa shape index (κ2) is 5.93. The van der Waals surface area contributed by atoms with Gasteiger partial charge in [-0.05, 0) is 31.6 Å². The number of nitrogens with zero attached hydrogens (tertiary/aromatic N) is 3. The van der Waals surface area contributed by atoms with E-state index in [-0.39, 0.29) is 5.92 Å². The van der Waals surface area contributed by atoms with Gasteiger partial charge in [-0.2, -0.15) is 13.2 Å². The lowest BCUT2D eigenvalue weighted by Gasteiger charge is -2.33. The Morgan fingerprint density at radius 3 is 2.77 bits per heavy atom. The van der Waals surface area contributed by atoms with Gasteiger partial charge in [0.15, 0.2) is 0 Å². The number of rotatable bonds is 4. The highest BCUT2D eigenvalue weighted by Crippen LogP contribution is 2.33. The molecule has 0 radical (unpaired) electrons. The van der Waals surface area contributed by atoms with Gasteiger partial charge in [0.1, 0.15) is 12.2 Å². The second-order valence-electron chi connectivity index (χ2n) is 6.35. The Kier molecular flexibility index (Phi) is 4.14. The molecule has 1 aromatic heterocycles. The summed E-state index contributed by atoms with van der Waals surface area (Å²) in [6.07, 6.45) is 1.95. The van der Waals surface area contributed by atoms with E-state index in [1.807, 2.05) is 6.20 Å². The maximum Gasteiger partial charge on any atom is 0.397 e. The van der Waals surface area contributed by atoms with Crippen LogP contribution in [0, 0.1) is 5.92 Å². The molecule has 3 rings (SSSR count). The SMILES string of the molecule is O=C(CC(F)(F)F)N1CCCC(c2nccn2CC2CC2)C1. The van der Waals surface area contributed by atoms with Gasteiger partial charge in [-0.15, -0.1) is 0 Å². The van der Waals surface area contributed by atoms with Crippen LogP contribution in [0.5, 0.6) is 0 Å². The fraction of sp³-hybridized carbons (Fsp3) is 0.733. The molecule has 1 atom stereocenters. The zero-order valence-electron chi connectivity index (χ0n) is 12.4. The summed E-state index contributed by atoms with van der Waals surface area (Å²) in [5.41, 5.74) is 0. The molecule has 1 aliphatic heterocycles. The van der Waals surface area contributed by atoms with Gasteiger partial charge in [-0.1, -0.05) is 0 Å². The lowest BCUT2D eigenvalue weighted by Crippen LogP contribution is -2.41. The zero-order valence-corrected chi connectivity index (χ0v) is 12.4. The molecule has 1 saturated carbocycles. The summed E-state index contributed by atoms with van der Waals surface area (Å²) >= 11 is 0. The summed E-state index contributed by atoms with van der Waals surface area (Å²) in [4.78, 5) is 17.5. The number of halogens is 3. The molecule has 2 heterocycles. The molecule has 0 spiro atoms. The van der Waals surface area contributed by atoms with Gasteiger partial charge >= 0.3 is 6.18 Å². The molecule has 1 aliphatic carbocycles. The quantitative estimate of drug-likeness (QED) is 0.857. The van der Waals surface area contributed by atoms with Crippen molar-refractivity contribution >= 4 is 5.91 Å². The Labute approximate surface area is 127 Å². The largest absolute Gasteiger partial charge is 0.397 e. The number of hydrogen-bond donors (Lipinski definition) is 0. The number of carbonyl (C=O) groups is 1. The normalized spacial score (nSPS) is 22.9. The predicted molar refractivity (Wildman–Crippen MR) is 74.2 cm³/mol. The highest BCUT2D eigenvalue weighted by molar-refractivity contribution is 5.77. The van der Waals surface area contributed by atoms with Crippen molar-refractivity contribution in [2.45, 2.75) is 50.7 Å². The van der Waals surface area contributed by atoms with Gasteiger partial charge in [0.2, 0.25) is 5.91 Å². The lowest BCUT2D eigenvalue weighted by atomic mass is 9.96. The predicted octanol–water partition coefficient (Wildman–Crippen LogP) is 2.95. The van der Waals surface area contributed by atoms with E-state index in [1.165, 1.54) is 17.7 Å². The average Bonchev–Trinajstić information content (AvgIpc) is 3.13. The average molecular weight is 315 g/mol. The number of piperidine rings is 1. The number of alkyl halides is 3. The van der Waals surface area contributed by atoms with Crippen molar-refractivity contribution in [1.29, 1.82) is 0 Å². The molecule has 1 amide bonds. The number of likely N-dealkylation sites (tertiary alicyclic amines) is 1. The maximum atomic E-state index is 12.4. The second-order valence-corrected chi connectivity index (χ2v) is 6.35. The maximum absolute atomic E-state index is 12.4. The number of carbonyl (C=O) groups excluding carboxylic acids is 1. The smallest absolute Gasteiger partial charge is 0.342 e. The summed E-state index contributed by atoms with van der Waals surface area (Å²) in [5.74, 6) is 0.841. The van der Waals surface area contributed by atoms with E-state index in [0.717, 1.165) is 25.2 Å². The first-order chi connectivity index (χ1) is 10.4. The van der Waals surface area contributed by atoms with Crippen LogP contribution in [0.3, 0.4) is 0 Å². The van der Waals surface area contributed by atoms with E-state index < -0.39 is 18.5 Å². The molecule has 2 aliphatic rings. The Bertz CT molecular complexity index is 536. The van der Waals surface area contributed by atoms with Crippen molar-refractivity contribution in [3.8, 4) is 0 Å². The van der Waals surface area contributed by atoms with Crippen LogP contribution in [0.2, 0.25) is 0 Å². The Hall–Kier alpha value is -1.53. The molecule has 7 heteroatoms. The number of hydrogen-bond acceptors (Lipinski definition) is 2. The molecule has 0 N–H and O–H groups in total. The molecule has 4 nitrogen and oxygen atoms in total. The van der Waals surface area contributed by atoms with Gasteiger partial charge < -0.3 is 9.47 Å². The fourth-order valence-electron chi connectivity index (χ4n) is 3.11. The first-order valence-corrected chi connectivity index (χ1v) is 7.78. The van der Waals surface area contributed by atoms with E-state index in [0.29, 0.717) is 19.0 Å². The van der Waals surface area contributed by atoms with Crippen molar-refractivity contribution in [3.63, 3.8) is 0 Å². The molecule has 2 fully saturated rings. The monoisotopic (exact) mass is 315 g/mol. The highest BCUT2D eigenvalue weighted by atomic mass is 19.4. The van der Waals surface area contributed by atoms with Crippen LogP contribution in [0.4, 0.5) is 13.2 Å². The van der Waals surface area contributed by atoms with Crippen LogP contribution in [-0.4, -0.2) is 39.6 Å². The van der Waals surface area contributed by atoms with E-state index in [1.54, 1.807) is 6.20 Å². The third kappa shape index (κ3) is 3.81. The standard InChI is InChI=1S/C15H20F3N3O/c16-15(17,18)8-13(22)20-6-1-2-12(10-20)14-19-5-7-21(14)9-11-3-4-11/h5,7,11-12H,1-4,6,8-10H2. The summed E-state index contributed by atoms with van der Waals surface area (Å²) in [5, 5.41) is 0.